The van der Waals surface area contributed by atoms with Crippen molar-refractivity contribution in [3.63, 3.8) is 0 Å². The van der Waals surface area contributed by atoms with Crippen LogP contribution in [0.25, 0.3) is 0 Å². The van der Waals surface area contributed by atoms with Gasteiger partial charge in [-0.15, -0.1) is 12.3 Å². The Balaban J connectivity index is -0.0000000750. The van der Waals surface area contributed by atoms with Crippen LogP contribution < -0.4 is 0 Å². The summed E-state index contributed by atoms with van der Waals surface area (Å²) in [7, 11) is 0. The molecule has 0 radical (unpaired) electrons. The van der Waals surface area contributed by atoms with E-state index in [9.17, 15) is 0 Å². The molecule has 0 bridgehead atoms. The molecule has 60 valence electrons. The van der Waals surface area contributed by atoms with Gasteiger partial charge in [0.05, 0.1) is 0 Å². The van der Waals surface area contributed by atoms with Crippen LogP contribution in [0.5, 0.6) is 0 Å². The zero-order valence-electron chi connectivity index (χ0n) is 7.78. The van der Waals surface area contributed by atoms with Gasteiger partial charge in [0.1, 0.15) is 0 Å². The van der Waals surface area contributed by atoms with Crippen LogP contribution in [0.3, 0.4) is 0 Å². The van der Waals surface area contributed by atoms with Crippen LogP contribution in [0.1, 0.15) is 27.7 Å². The van der Waals surface area contributed by atoms with Gasteiger partial charge in [0.2, 0.25) is 0 Å². The molecule has 0 aliphatic carbocycles. The summed E-state index contributed by atoms with van der Waals surface area (Å²) in [6.45, 7) is 18.0. The second-order valence-electron chi connectivity index (χ2n) is 2.39. The summed E-state index contributed by atoms with van der Waals surface area (Å²) < 4.78 is 0. The highest BCUT2D eigenvalue weighted by atomic mass is 13.7. The average molecular weight is 140 g/mol. The lowest BCUT2D eigenvalue weighted by atomic mass is 10.3. The van der Waals surface area contributed by atoms with Crippen LogP contribution in [0.15, 0.2) is 31.5 Å². The first-order valence-corrected chi connectivity index (χ1v) is 3.42. The smallest absolute Gasteiger partial charge is 0.0473 e. The van der Waals surface area contributed by atoms with E-state index >= 15 is 0 Å². The molecular formula is C10H20. The van der Waals surface area contributed by atoms with Crippen LogP contribution in [-0.2, 0) is 0 Å². The Morgan fingerprint density at radius 1 is 1.20 bits per heavy atom. The molecule has 0 fully saturated rings. The molecule has 0 aliphatic heterocycles. The minimum atomic E-state index is 0.833. The van der Waals surface area contributed by atoms with Crippen molar-refractivity contribution < 1.29 is 0 Å². The van der Waals surface area contributed by atoms with Crippen LogP contribution in [0, 0.1) is 5.92 Å². The fraction of sp³-hybridized carbons (Fsp3) is 0.500. The molecule has 0 heteroatoms. The van der Waals surface area contributed by atoms with E-state index in [0.29, 0.717) is 0 Å². The minimum absolute atomic E-state index is 0.833. The Morgan fingerprint density at radius 3 is 1.20 bits per heavy atom. The molecule has 0 amide bonds. The molecule has 0 aromatic heterocycles. The topological polar surface area (TPSA) is 0 Å². The molecular weight excluding hydrogens is 120 g/mol. The maximum absolute atomic E-state index is 3.36. The van der Waals surface area contributed by atoms with Crippen molar-refractivity contribution in [3.05, 3.63) is 31.5 Å². The lowest BCUT2D eigenvalue weighted by molar-refractivity contribution is 0.737. The first-order chi connectivity index (χ1) is 4.56. The van der Waals surface area contributed by atoms with Gasteiger partial charge in [-0.25, -0.2) is 0 Å². The van der Waals surface area contributed by atoms with Gasteiger partial charge >= 0.3 is 0 Å². The van der Waals surface area contributed by atoms with Gasteiger partial charge in [-0.3, -0.25) is 0 Å². The Kier molecular flexibility index (Phi) is 38.7. The third kappa shape index (κ3) is 520. The molecule has 0 rings (SSSR count). The van der Waals surface area contributed by atoms with Crippen molar-refractivity contribution in [2.45, 2.75) is 27.7 Å². The van der Waals surface area contributed by atoms with Crippen LogP contribution >= 0.6 is 0 Å². The molecule has 0 saturated carbocycles. The number of hydrogen-bond acceptors (Lipinski definition) is 0. The zero-order valence-corrected chi connectivity index (χ0v) is 7.78. The van der Waals surface area contributed by atoms with E-state index in [4.69, 9.17) is 0 Å². The van der Waals surface area contributed by atoms with E-state index in [0.717, 1.165) is 5.92 Å². The Bertz CT molecular complexity index is 69.3. The SMILES string of the molecule is C=C=C.C=CC.CC(C)C. The summed E-state index contributed by atoms with van der Waals surface area (Å²) in [5, 5.41) is 0. The van der Waals surface area contributed by atoms with Crippen LogP contribution in [0.4, 0.5) is 0 Å². The van der Waals surface area contributed by atoms with Crippen molar-refractivity contribution >= 4 is 0 Å². The fourth-order valence-corrected chi connectivity index (χ4v) is 0. The standard InChI is InChI=1S/C4H10.C3H6.C3H4/c1-4(2)3;2*1-3-2/h4H,1-3H3;3H,1H2,2H3;1-2H2. The molecule has 0 heterocycles. The average Bonchev–Trinajstić information content (AvgIpc) is 1.65. The molecule has 0 nitrogen and oxygen atoms in total. The van der Waals surface area contributed by atoms with Crippen molar-refractivity contribution in [2.75, 3.05) is 0 Å². The maximum Gasteiger partial charge on any atom is -0.0473 e. The molecule has 10 heavy (non-hydrogen) atoms. The monoisotopic (exact) mass is 140 g/mol. The lowest BCUT2D eigenvalue weighted by Gasteiger charge is -1.79. The van der Waals surface area contributed by atoms with E-state index in [1.54, 1.807) is 6.08 Å². The minimum Gasteiger partial charge on any atom is -0.137 e. The van der Waals surface area contributed by atoms with Gasteiger partial charge in [-0.2, -0.15) is 0 Å². The second kappa shape index (κ2) is 24.0. The van der Waals surface area contributed by atoms with Gasteiger partial charge < -0.3 is 0 Å². The summed E-state index contributed by atoms with van der Waals surface area (Å²) in [6.07, 6.45) is 1.75. The number of hydrogen-bond donors (Lipinski definition) is 0. The van der Waals surface area contributed by atoms with Gasteiger partial charge in [-0.1, -0.05) is 40.0 Å². The third-order valence-corrected chi connectivity index (χ3v) is 0. The van der Waals surface area contributed by atoms with E-state index in [1.807, 2.05) is 6.92 Å². The normalized spacial score (nSPS) is 5.70. The lowest BCUT2D eigenvalue weighted by Crippen LogP contribution is -1.66. The van der Waals surface area contributed by atoms with Gasteiger partial charge in [0, 0.05) is 0 Å². The fourth-order valence-electron chi connectivity index (χ4n) is 0. The molecule has 0 N–H and O–H groups in total. The molecule has 0 saturated heterocycles. The van der Waals surface area contributed by atoms with E-state index in [1.165, 1.54) is 0 Å². The molecule has 0 aliphatic rings. The van der Waals surface area contributed by atoms with Crippen LogP contribution in [0.2, 0.25) is 0 Å². The zero-order chi connectivity index (χ0) is 8.99. The van der Waals surface area contributed by atoms with Crippen molar-refractivity contribution in [2.24, 2.45) is 5.92 Å². The summed E-state index contributed by atoms with van der Waals surface area (Å²) in [5.74, 6) is 0.833. The first-order valence-electron chi connectivity index (χ1n) is 3.42. The maximum atomic E-state index is 3.36. The van der Waals surface area contributed by atoms with E-state index in [2.05, 4.69) is 46.2 Å². The number of rotatable bonds is 0. The largest absolute Gasteiger partial charge is 0.137 e. The van der Waals surface area contributed by atoms with Crippen LogP contribution in [-0.4, -0.2) is 0 Å². The molecule has 0 aromatic rings. The van der Waals surface area contributed by atoms with Crippen molar-refractivity contribution in [3.8, 4) is 0 Å². The summed E-state index contributed by atoms with van der Waals surface area (Å²) in [6, 6.07) is 0. The van der Waals surface area contributed by atoms with Crippen molar-refractivity contribution in [1.82, 2.24) is 0 Å². The summed E-state index contributed by atoms with van der Waals surface area (Å²) >= 11 is 0. The molecule has 0 aromatic carbocycles. The Hall–Kier alpha value is -0.740. The van der Waals surface area contributed by atoms with E-state index < -0.39 is 0 Å². The first kappa shape index (κ1) is 16.1. The quantitative estimate of drug-likeness (QED) is 0.354. The highest BCUT2D eigenvalue weighted by Gasteiger charge is 1.68. The number of allylic oxidation sites excluding steroid dienone is 1. The van der Waals surface area contributed by atoms with E-state index in [-0.39, 0.29) is 0 Å². The van der Waals surface area contributed by atoms with Crippen molar-refractivity contribution in [1.29, 1.82) is 0 Å². The summed E-state index contributed by atoms with van der Waals surface area (Å²) in [4.78, 5) is 0. The second-order valence-corrected chi connectivity index (χ2v) is 2.39. The predicted molar refractivity (Wildman–Crippen MR) is 51.2 cm³/mol. The predicted octanol–water partition coefficient (Wildman–Crippen LogP) is 3.81. The Labute approximate surface area is 66.0 Å². The van der Waals surface area contributed by atoms with Gasteiger partial charge in [-0.05, 0) is 12.8 Å². The Morgan fingerprint density at radius 2 is 1.20 bits per heavy atom. The molecule has 0 spiro atoms. The highest BCUT2D eigenvalue weighted by molar-refractivity contribution is 4.52. The summed E-state index contributed by atoms with van der Waals surface area (Å²) in [5.41, 5.74) is 2.25. The third-order valence-electron chi connectivity index (χ3n) is 0. The highest BCUT2D eigenvalue weighted by Crippen LogP contribution is 1.81. The molecule has 0 unspecified atom stereocenters. The van der Waals surface area contributed by atoms with Gasteiger partial charge in [0.25, 0.3) is 0 Å². The molecule has 0 atom stereocenters. The van der Waals surface area contributed by atoms with Gasteiger partial charge in [0.15, 0.2) is 0 Å².